The molecular formula is C24H21N7O2S. The van der Waals surface area contributed by atoms with Crippen molar-refractivity contribution < 1.29 is 8.42 Å². The lowest BCUT2D eigenvalue weighted by Crippen LogP contribution is -2.14. The lowest BCUT2D eigenvalue weighted by molar-refractivity contribution is 0.601. The van der Waals surface area contributed by atoms with Crippen LogP contribution in [0.15, 0.2) is 77.8 Å². The van der Waals surface area contributed by atoms with Crippen LogP contribution in [0.1, 0.15) is 17.0 Å². The summed E-state index contributed by atoms with van der Waals surface area (Å²) in [6.07, 6.45) is 1.72. The molecule has 0 spiro atoms. The van der Waals surface area contributed by atoms with E-state index in [2.05, 4.69) is 30.3 Å². The summed E-state index contributed by atoms with van der Waals surface area (Å²) in [7, 11) is -3.90. The molecule has 0 bridgehead atoms. The number of aryl methyl sites for hydroxylation is 2. The van der Waals surface area contributed by atoms with Gasteiger partial charge < -0.3 is 10.6 Å². The molecule has 0 aliphatic heterocycles. The predicted octanol–water partition coefficient (Wildman–Crippen LogP) is 4.65. The van der Waals surface area contributed by atoms with Crippen molar-refractivity contribution >= 4 is 38.9 Å². The second kappa shape index (κ2) is 9.56. The quantitative estimate of drug-likeness (QED) is 0.355. The Balaban J connectivity index is 1.49. The van der Waals surface area contributed by atoms with Gasteiger partial charge in [-0.3, -0.25) is 4.72 Å². The van der Waals surface area contributed by atoms with E-state index in [4.69, 9.17) is 0 Å². The van der Waals surface area contributed by atoms with Crippen molar-refractivity contribution in [2.24, 2.45) is 0 Å². The minimum absolute atomic E-state index is 0.0701. The Bertz CT molecular complexity index is 1480. The molecule has 0 fully saturated rings. The topological polar surface area (TPSA) is 133 Å². The number of hydrogen-bond donors (Lipinski definition) is 3. The summed E-state index contributed by atoms with van der Waals surface area (Å²) in [5.41, 5.74) is 2.23. The minimum Gasteiger partial charge on any atom is -0.340 e. The first-order chi connectivity index (χ1) is 16.3. The molecule has 0 unspecified atom stereocenters. The van der Waals surface area contributed by atoms with Gasteiger partial charge in [0.05, 0.1) is 5.56 Å². The molecule has 9 nitrogen and oxygen atoms in total. The third-order valence-corrected chi connectivity index (χ3v) is 6.16. The highest BCUT2D eigenvalue weighted by Gasteiger charge is 2.18. The van der Waals surface area contributed by atoms with Gasteiger partial charge in [0.25, 0.3) is 10.0 Å². The smallest absolute Gasteiger partial charge is 0.263 e. The van der Waals surface area contributed by atoms with Crippen molar-refractivity contribution in [3.05, 3.63) is 89.9 Å². The Hall–Kier alpha value is -4.49. The maximum Gasteiger partial charge on any atom is 0.263 e. The molecule has 170 valence electrons. The molecule has 0 aliphatic carbocycles. The lowest BCUT2D eigenvalue weighted by atomic mass is 10.2. The monoisotopic (exact) mass is 471 g/mol. The first kappa shape index (κ1) is 22.7. The van der Waals surface area contributed by atoms with Crippen LogP contribution in [-0.2, 0) is 10.0 Å². The summed E-state index contributed by atoms with van der Waals surface area (Å²) in [4.78, 5) is 13.0. The molecule has 2 heterocycles. The molecule has 0 saturated heterocycles. The van der Waals surface area contributed by atoms with Crippen molar-refractivity contribution in [2.75, 3.05) is 15.4 Å². The van der Waals surface area contributed by atoms with E-state index < -0.39 is 10.0 Å². The van der Waals surface area contributed by atoms with Gasteiger partial charge >= 0.3 is 0 Å². The molecule has 34 heavy (non-hydrogen) atoms. The van der Waals surface area contributed by atoms with Crippen molar-refractivity contribution in [2.45, 2.75) is 18.7 Å². The Morgan fingerprint density at radius 2 is 1.50 bits per heavy atom. The first-order valence-corrected chi connectivity index (χ1v) is 11.8. The number of nitrogens with one attached hydrogen (secondary N) is 3. The fourth-order valence-electron chi connectivity index (χ4n) is 3.20. The van der Waals surface area contributed by atoms with Crippen LogP contribution in [0.4, 0.5) is 28.8 Å². The summed E-state index contributed by atoms with van der Waals surface area (Å²) in [5.74, 6) is 2.41. The third-order valence-electron chi connectivity index (χ3n) is 4.72. The number of aromatic nitrogens is 3. The van der Waals surface area contributed by atoms with Gasteiger partial charge in [-0.25, -0.2) is 23.4 Å². The number of rotatable bonds is 7. The van der Waals surface area contributed by atoms with Crippen molar-refractivity contribution in [3.8, 4) is 6.07 Å². The SMILES string of the molecule is Cc1ccnc(Nc2cc(Nc3ccc(NS(=O)(=O)c4ccccc4C#N)cc3)nc(C)n2)c1. The molecular weight excluding hydrogens is 450 g/mol. The zero-order chi connectivity index (χ0) is 24.1. The molecule has 3 N–H and O–H groups in total. The fourth-order valence-corrected chi connectivity index (χ4v) is 4.42. The van der Waals surface area contributed by atoms with Crippen LogP contribution in [0.3, 0.4) is 0 Å². The van der Waals surface area contributed by atoms with Crippen LogP contribution in [0.5, 0.6) is 0 Å². The normalized spacial score (nSPS) is 10.9. The highest BCUT2D eigenvalue weighted by Crippen LogP contribution is 2.23. The third kappa shape index (κ3) is 5.46. The van der Waals surface area contributed by atoms with Crippen LogP contribution in [0.2, 0.25) is 0 Å². The number of benzene rings is 2. The predicted molar refractivity (Wildman–Crippen MR) is 131 cm³/mol. The van der Waals surface area contributed by atoms with Gasteiger partial charge in [0.1, 0.15) is 34.2 Å². The van der Waals surface area contributed by atoms with Gasteiger partial charge in [0, 0.05) is 23.6 Å². The summed E-state index contributed by atoms with van der Waals surface area (Å²) in [6, 6.07) is 20.2. The van der Waals surface area contributed by atoms with E-state index in [9.17, 15) is 13.7 Å². The van der Waals surface area contributed by atoms with Gasteiger partial charge in [-0.2, -0.15) is 5.26 Å². The van der Waals surface area contributed by atoms with Gasteiger partial charge in [-0.1, -0.05) is 12.1 Å². The highest BCUT2D eigenvalue weighted by molar-refractivity contribution is 7.92. The Morgan fingerprint density at radius 3 is 2.21 bits per heavy atom. The number of sulfonamides is 1. The van der Waals surface area contributed by atoms with Gasteiger partial charge in [0.15, 0.2) is 0 Å². The first-order valence-electron chi connectivity index (χ1n) is 10.3. The average molecular weight is 472 g/mol. The molecule has 4 aromatic rings. The number of nitriles is 1. The molecule has 10 heteroatoms. The largest absolute Gasteiger partial charge is 0.340 e. The zero-order valence-electron chi connectivity index (χ0n) is 18.4. The molecule has 0 amide bonds. The van der Waals surface area contributed by atoms with E-state index in [-0.39, 0.29) is 10.5 Å². The maximum atomic E-state index is 12.7. The van der Waals surface area contributed by atoms with E-state index in [0.29, 0.717) is 34.7 Å². The summed E-state index contributed by atoms with van der Waals surface area (Å²) < 4.78 is 27.9. The lowest BCUT2D eigenvalue weighted by Gasteiger charge is -2.12. The van der Waals surface area contributed by atoms with Crippen molar-refractivity contribution in [3.63, 3.8) is 0 Å². The Morgan fingerprint density at radius 1 is 0.824 bits per heavy atom. The average Bonchev–Trinajstić information content (AvgIpc) is 2.80. The van der Waals surface area contributed by atoms with Gasteiger partial charge in [0.2, 0.25) is 0 Å². The maximum absolute atomic E-state index is 12.7. The summed E-state index contributed by atoms with van der Waals surface area (Å²) >= 11 is 0. The Labute approximate surface area is 197 Å². The highest BCUT2D eigenvalue weighted by atomic mass is 32.2. The van der Waals surface area contributed by atoms with E-state index in [1.54, 1.807) is 55.6 Å². The standard InChI is InChI=1S/C24H21N7O2S/c1-16-11-12-26-22(13-16)30-24-14-23(27-17(2)28-24)29-19-7-9-20(10-8-19)31-34(32,33)21-6-4-3-5-18(21)15-25/h3-14,31H,1-2H3,(H2,26,27,28,29,30). The van der Waals surface area contributed by atoms with Crippen molar-refractivity contribution in [1.29, 1.82) is 5.26 Å². The molecule has 2 aromatic heterocycles. The van der Waals surface area contributed by atoms with E-state index in [1.165, 1.54) is 12.1 Å². The van der Waals surface area contributed by atoms with E-state index in [1.807, 2.05) is 25.1 Å². The molecule has 0 saturated carbocycles. The molecule has 4 rings (SSSR count). The molecule has 2 aromatic carbocycles. The van der Waals surface area contributed by atoms with E-state index >= 15 is 0 Å². The van der Waals surface area contributed by atoms with Gasteiger partial charge in [-0.15, -0.1) is 0 Å². The summed E-state index contributed by atoms with van der Waals surface area (Å²) in [6.45, 7) is 3.77. The fraction of sp³-hybridized carbons (Fsp3) is 0.0833. The second-order valence-corrected chi connectivity index (χ2v) is 9.10. The zero-order valence-corrected chi connectivity index (χ0v) is 19.3. The van der Waals surface area contributed by atoms with Gasteiger partial charge in [-0.05, 0) is 67.9 Å². The van der Waals surface area contributed by atoms with Crippen LogP contribution in [-0.4, -0.2) is 23.4 Å². The van der Waals surface area contributed by atoms with Crippen LogP contribution >= 0.6 is 0 Å². The molecule has 0 radical (unpaired) electrons. The summed E-state index contributed by atoms with van der Waals surface area (Å²) in [5, 5.41) is 15.5. The molecule has 0 aliphatic rings. The molecule has 0 atom stereocenters. The van der Waals surface area contributed by atoms with Crippen LogP contribution < -0.4 is 15.4 Å². The minimum atomic E-state index is -3.90. The number of hydrogen-bond acceptors (Lipinski definition) is 8. The van der Waals surface area contributed by atoms with Crippen molar-refractivity contribution in [1.82, 2.24) is 15.0 Å². The van der Waals surface area contributed by atoms with E-state index in [0.717, 1.165) is 5.56 Å². The number of pyridine rings is 1. The van der Waals surface area contributed by atoms with Crippen LogP contribution in [0.25, 0.3) is 0 Å². The Kier molecular flexibility index (Phi) is 6.38. The van der Waals surface area contributed by atoms with Crippen LogP contribution in [0, 0.1) is 25.2 Å². The number of nitrogens with zero attached hydrogens (tertiary/aromatic N) is 4. The number of anilines is 5. The second-order valence-electron chi connectivity index (χ2n) is 7.44.